The molecule has 188 valence electrons. The quantitative estimate of drug-likeness (QED) is 0.289. The fourth-order valence-corrected chi connectivity index (χ4v) is 4.29. The predicted molar refractivity (Wildman–Crippen MR) is 144 cm³/mol. The van der Waals surface area contributed by atoms with E-state index in [4.69, 9.17) is 4.74 Å². The van der Waals surface area contributed by atoms with Crippen LogP contribution in [0.3, 0.4) is 0 Å². The van der Waals surface area contributed by atoms with Gasteiger partial charge in [0.05, 0.1) is 24.2 Å². The molecule has 3 aromatic carbocycles. The third kappa shape index (κ3) is 4.44. The first-order valence-electron chi connectivity index (χ1n) is 11.6. The molecule has 0 saturated heterocycles. The maximum atomic E-state index is 13.0. The summed E-state index contributed by atoms with van der Waals surface area (Å²) >= 11 is 0. The summed E-state index contributed by atoms with van der Waals surface area (Å²) < 4.78 is 7.05. The van der Waals surface area contributed by atoms with Crippen LogP contribution in [0, 0.1) is 0 Å². The number of methoxy groups -OCH3 is 1. The second-order valence-electron chi connectivity index (χ2n) is 9.64. The first kappa shape index (κ1) is 23.9. The van der Waals surface area contributed by atoms with Crippen LogP contribution in [-0.4, -0.2) is 32.7 Å². The second-order valence-corrected chi connectivity index (χ2v) is 9.64. The van der Waals surface area contributed by atoms with Crippen molar-refractivity contribution in [1.29, 1.82) is 0 Å². The van der Waals surface area contributed by atoms with Crippen molar-refractivity contribution in [2.75, 3.05) is 17.7 Å². The van der Waals surface area contributed by atoms with Crippen LogP contribution in [0.2, 0.25) is 0 Å². The van der Waals surface area contributed by atoms with Crippen LogP contribution in [-0.2, 0) is 5.41 Å². The van der Waals surface area contributed by atoms with Crippen molar-refractivity contribution in [3.63, 3.8) is 0 Å². The summed E-state index contributed by atoms with van der Waals surface area (Å²) in [5.74, 6) is 0.554. The fourth-order valence-electron chi connectivity index (χ4n) is 4.29. The highest BCUT2D eigenvalue weighted by Crippen LogP contribution is 2.33. The maximum absolute atomic E-state index is 13.0. The van der Waals surface area contributed by atoms with E-state index in [9.17, 15) is 14.4 Å². The molecule has 0 unspecified atom stereocenters. The first-order chi connectivity index (χ1) is 17.7. The third-order valence-electron chi connectivity index (χ3n) is 6.16. The Morgan fingerprint density at radius 2 is 1.68 bits per heavy atom. The topological polar surface area (TPSA) is 134 Å². The number of carbonyl (C=O) groups is 1. The summed E-state index contributed by atoms with van der Waals surface area (Å²) in [4.78, 5) is 46.1. The van der Waals surface area contributed by atoms with Crippen LogP contribution in [0.15, 0.2) is 70.5 Å². The largest absolute Gasteiger partial charge is 0.495 e. The Hall–Kier alpha value is -4.86. The number of ether oxygens (including phenoxy) is 1. The van der Waals surface area contributed by atoms with Gasteiger partial charge < -0.3 is 15.4 Å². The van der Waals surface area contributed by atoms with Gasteiger partial charge in [-0.3, -0.25) is 19.3 Å². The van der Waals surface area contributed by atoms with Crippen molar-refractivity contribution in [1.82, 2.24) is 19.5 Å². The van der Waals surface area contributed by atoms with Crippen molar-refractivity contribution < 1.29 is 9.53 Å². The predicted octanol–water partition coefficient (Wildman–Crippen LogP) is 4.51. The molecule has 0 bridgehead atoms. The average Bonchev–Trinajstić information content (AvgIpc) is 3.27. The maximum Gasteiger partial charge on any atom is 0.327 e. The van der Waals surface area contributed by atoms with E-state index < -0.39 is 17.3 Å². The number of aromatic nitrogens is 4. The molecule has 0 aliphatic carbocycles. The number of hydrogen-bond donors (Lipinski definition) is 4. The minimum atomic E-state index is -0.622. The van der Waals surface area contributed by atoms with Crippen LogP contribution in [0.1, 0.15) is 26.3 Å². The molecule has 0 spiro atoms. The summed E-state index contributed by atoms with van der Waals surface area (Å²) in [5, 5.41) is 7.36. The van der Waals surface area contributed by atoms with Gasteiger partial charge in [0.15, 0.2) is 11.2 Å². The van der Waals surface area contributed by atoms with Gasteiger partial charge in [0.25, 0.3) is 5.56 Å². The Bertz CT molecular complexity index is 1770. The van der Waals surface area contributed by atoms with Gasteiger partial charge in [0, 0.05) is 10.8 Å². The molecular formula is C27H26N6O4. The van der Waals surface area contributed by atoms with Gasteiger partial charge >= 0.3 is 11.7 Å². The van der Waals surface area contributed by atoms with E-state index in [0.717, 1.165) is 16.3 Å². The number of fused-ring (bicyclic) bond motifs is 2. The molecule has 0 radical (unpaired) electrons. The van der Waals surface area contributed by atoms with Crippen molar-refractivity contribution in [2.45, 2.75) is 26.2 Å². The Kier molecular flexibility index (Phi) is 5.79. The lowest BCUT2D eigenvalue weighted by molar-refractivity contribution is 0.262. The molecule has 2 amide bonds. The van der Waals surface area contributed by atoms with Gasteiger partial charge in [-0.2, -0.15) is 0 Å². The van der Waals surface area contributed by atoms with Crippen LogP contribution in [0.5, 0.6) is 5.75 Å². The van der Waals surface area contributed by atoms with Crippen molar-refractivity contribution in [3.8, 4) is 11.4 Å². The molecular weight excluding hydrogens is 472 g/mol. The lowest BCUT2D eigenvalue weighted by Gasteiger charge is -2.21. The Balaban J connectivity index is 1.52. The molecule has 0 aliphatic rings. The SMILES string of the molecule is COc1ccc(C(C)(C)C)cc1NC(=O)Nc1ccc(-n2cnc3[nH]c(=O)[nH]c(=O)c32)c2ccccc12. The van der Waals surface area contributed by atoms with Crippen LogP contribution in [0.4, 0.5) is 16.2 Å². The van der Waals surface area contributed by atoms with E-state index in [2.05, 4.69) is 46.4 Å². The smallest absolute Gasteiger partial charge is 0.327 e. The minimum absolute atomic E-state index is 0.0998. The summed E-state index contributed by atoms with van der Waals surface area (Å²) in [6, 6.07) is 16.3. The number of imidazole rings is 1. The van der Waals surface area contributed by atoms with E-state index in [1.807, 2.05) is 42.5 Å². The zero-order valence-corrected chi connectivity index (χ0v) is 20.8. The molecule has 0 atom stereocenters. The van der Waals surface area contributed by atoms with Crippen LogP contribution < -0.4 is 26.6 Å². The highest BCUT2D eigenvalue weighted by molar-refractivity contribution is 6.08. The Morgan fingerprint density at radius 3 is 2.41 bits per heavy atom. The van der Waals surface area contributed by atoms with Crippen molar-refractivity contribution >= 4 is 39.3 Å². The molecule has 0 aliphatic heterocycles. The number of amides is 2. The molecule has 10 heteroatoms. The summed E-state index contributed by atoms with van der Waals surface area (Å²) in [5.41, 5.74) is 2.00. The number of nitrogens with one attached hydrogen (secondary N) is 4. The Morgan fingerprint density at radius 1 is 0.946 bits per heavy atom. The normalized spacial score (nSPS) is 11.6. The first-order valence-corrected chi connectivity index (χ1v) is 11.6. The molecule has 0 fully saturated rings. The standard InChI is InChI=1S/C27H26N6O4/c1-27(2,3)15-9-12-21(37-4)19(13-15)30-25(35)29-18-10-11-20(17-8-6-5-7-16(17)18)33-14-28-23-22(33)24(34)32-26(36)31-23/h5-14H,1-4H3,(H2,29,30,35)(H2,31,32,34,36). The zero-order valence-electron chi connectivity index (χ0n) is 20.8. The van der Waals surface area contributed by atoms with Crippen LogP contribution >= 0.6 is 0 Å². The lowest BCUT2D eigenvalue weighted by atomic mass is 9.87. The monoisotopic (exact) mass is 498 g/mol. The van der Waals surface area contributed by atoms with E-state index in [1.54, 1.807) is 23.8 Å². The number of urea groups is 1. The molecule has 37 heavy (non-hydrogen) atoms. The zero-order chi connectivity index (χ0) is 26.3. The summed E-state index contributed by atoms with van der Waals surface area (Å²) in [7, 11) is 1.56. The second kappa shape index (κ2) is 8.98. The van der Waals surface area contributed by atoms with E-state index in [0.29, 0.717) is 22.8 Å². The van der Waals surface area contributed by atoms with Gasteiger partial charge in [-0.05, 0) is 35.2 Å². The number of carbonyl (C=O) groups excluding carboxylic acids is 1. The van der Waals surface area contributed by atoms with Gasteiger partial charge in [-0.1, -0.05) is 51.1 Å². The molecule has 2 heterocycles. The molecule has 5 rings (SSSR count). The molecule has 0 saturated carbocycles. The molecule has 10 nitrogen and oxygen atoms in total. The number of anilines is 2. The number of hydrogen-bond acceptors (Lipinski definition) is 5. The van der Waals surface area contributed by atoms with E-state index >= 15 is 0 Å². The van der Waals surface area contributed by atoms with E-state index in [1.165, 1.54) is 6.33 Å². The summed E-state index contributed by atoms with van der Waals surface area (Å²) in [6.45, 7) is 6.30. The molecule has 2 aromatic heterocycles. The van der Waals surface area contributed by atoms with Gasteiger partial charge in [-0.25, -0.2) is 14.6 Å². The fraction of sp³-hybridized carbons (Fsp3) is 0.185. The highest BCUT2D eigenvalue weighted by atomic mass is 16.5. The van der Waals surface area contributed by atoms with Crippen LogP contribution in [0.25, 0.3) is 27.6 Å². The van der Waals surface area contributed by atoms with Gasteiger partial charge in [0.2, 0.25) is 0 Å². The van der Waals surface area contributed by atoms with Crippen molar-refractivity contribution in [3.05, 3.63) is 87.3 Å². The number of rotatable bonds is 4. The third-order valence-corrected chi connectivity index (χ3v) is 6.16. The van der Waals surface area contributed by atoms with Gasteiger partial charge in [0.1, 0.15) is 12.1 Å². The lowest BCUT2D eigenvalue weighted by Crippen LogP contribution is -2.23. The highest BCUT2D eigenvalue weighted by Gasteiger charge is 2.18. The number of nitrogens with zero attached hydrogens (tertiary/aromatic N) is 2. The Labute approximate surface area is 211 Å². The van der Waals surface area contributed by atoms with E-state index in [-0.39, 0.29) is 16.6 Å². The number of aromatic amines is 2. The molecule has 4 N–H and O–H groups in total. The van der Waals surface area contributed by atoms with Crippen molar-refractivity contribution in [2.24, 2.45) is 0 Å². The number of benzene rings is 3. The summed E-state index contributed by atoms with van der Waals surface area (Å²) in [6.07, 6.45) is 1.48. The average molecular weight is 499 g/mol. The minimum Gasteiger partial charge on any atom is -0.495 e. The van der Waals surface area contributed by atoms with Gasteiger partial charge in [-0.15, -0.1) is 0 Å². The number of H-pyrrole nitrogens is 2. The molecule has 5 aromatic rings.